The van der Waals surface area contributed by atoms with Crippen molar-refractivity contribution in [3.63, 3.8) is 0 Å². The van der Waals surface area contributed by atoms with E-state index in [-0.39, 0.29) is 11.9 Å². The molecule has 1 atom stereocenters. The van der Waals surface area contributed by atoms with Crippen molar-refractivity contribution in [3.8, 4) is 0 Å². The van der Waals surface area contributed by atoms with Gasteiger partial charge in [0.2, 0.25) is 5.91 Å². The van der Waals surface area contributed by atoms with Gasteiger partial charge in [0.25, 0.3) is 0 Å². The van der Waals surface area contributed by atoms with Crippen molar-refractivity contribution >= 4 is 33.1 Å². The molecule has 1 aromatic heterocycles. The van der Waals surface area contributed by atoms with Crippen LogP contribution in [0.2, 0.25) is 0 Å². The van der Waals surface area contributed by atoms with E-state index in [0.717, 1.165) is 28.2 Å². The molecule has 1 N–H and O–H groups in total. The number of anilines is 1. The van der Waals surface area contributed by atoms with Gasteiger partial charge in [-0.15, -0.1) is 11.3 Å². The fraction of sp³-hybridized carbons (Fsp3) is 0.333. The Kier molecular flexibility index (Phi) is 5.69. The van der Waals surface area contributed by atoms with Gasteiger partial charge in [-0.2, -0.15) is 0 Å². The number of likely N-dealkylation sites (N-methyl/N-ethyl adjacent to an activating group) is 1. The number of fused-ring (bicyclic) bond motifs is 1. The Morgan fingerprint density at radius 3 is 2.73 bits per heavy atom. The summed E-state index contributed by atoms with van der Waals surface area (Å²) in [5, 5.41) is 4.13. The number of thiazole rings is 1. The number of aryl methyl sites for hydroxylation is 2. The fourth-order valence-electron chi connectivity index (χ4n) is 3.00. The van der Waals surface area contributed by atoms with Gasteiger partial charge in [-0.25, -0.2) is 4.98 Å². The lowest BCUT2D eigenvalue weighted by Crippen LogP contribution is -2.32. The van der Waals surface area contributed by atoms with Crippen molar-refractivity contribution in [2.75, 3.05) is 18.9 Å². The molecular formula is C21H25N3OS. The maximum atomic E-state index is 12.6. The predicted octanol–water partition coefficient (Wildman–Crippen LogP) is 4.80. The largest absolute Gasteiger partial charge is 0.324 e. The van der Waals surface area contributed by atoms with E-state index in [2.05, 4.69) is 31.3 Å². The minimum absolute atomic E-state index is 0.00413. The Balaban J connectivity index is 1.69. The Labute approximate surface area is 158 Å². The van der Waals surface area contributed by atoms with Gasteiger partial charge in [-0.3, -0.25) is 9.69 Å². The number of benzene rings is 2. The first-order valence-corrected chi connectivity index (χ1v) is 9.75. The van der Waals surface area contributed by atoms with Crippen molar-refractivity contribution in [3.05, 3.63) is 58.6 Å². The zero-order valence-corrected chi connectivity index (χ0v) is 16.6. The minimum atomic E-state index is 0.00413. The molecule has 4 nitrogen and oxygen atoms in total. The van der Waals surface area contributed by atoms with Crippen LogP contribution in [0.5, 0.6) is 0 Å². The Hall–Kier alpha value is -2.24. The molecule has 26 heavy (non-hydrogen) atoms. The topological polar surface area (TPSA) is 45.2 Å². The average Bonchev–Trinajstić information content (AvgIpc) is 3.06. The van der Waals surface area contributed by atoms with Crippen LogP contribution in [0, 0.1) is 6.92 Å². The van der Waals surface area contributed by atoms with Crippen LogP contribution in [0.3, 0.4) is 0 Å². The summed E-state index contributed by atoms with van der Waals surface area (Å²) < 4.78 is 1.18. The summed E-state index contributed by atoms with van der Waals surface area (Å²) in [6, 6.07) is 14.4. The molecule has 0 spiro atoms. The zero-order valence-electron chi connectivity index (χ0n) is 15.7. The Morgan fingerprint density at radius 1 is 1.23 bits per heavy atom. The van der Waals surface area contributed by atoms with Crippen LogP contribution in [0.4, 0.5) is 5.69 Å². The van der Waals surface area contributed by atoms with E-state index < -0.39 is 0 Å². The van der Waals surface area contributed by atoms with E-state index in [1.165, 1.54) is 10.3 Å². The monoisotopic (exact) mass is 367 g/mol. The SMILES string of the molecule is CCc1cccc(C)c1NC(=O)CN(C)[C@@H](C)c1nc2ccccc2s1. The normalized spacial score (nSPS) is 12.5. The van der Waals surface area contributed by atoms with Gasteiger partial charge in [0, 0.05) is 5.69 Å². The number of aromatic nitrogens is 1. The third kappa shape index (κ3) is 3.94. The molecule has 0 aliphatic carbocycles. The summed E-state index contributed by atoms with van der Waals surface area (Å²) in [7, 11) is 1.97. The molecule has 0 unspecified atom stereocenters. The summed E-state index contributed by atoms with van der Waals surface area (Å²) in [5.74, 6) is 0.00413. The number of hydrogen-bond acceptors (Lipinski definition) is 4. The minimum Gasteiger partial charge on any atom is -0.324 e. The van der Waals surface area contributed by atoms with Crippen molar-refractivity contribution < 1.29 is 4.79 Å². The van der Waals surface area contributed by atoms with Crippen LogP contribution in [-0.2, 0) is 11.2 Å². The summed E-state index contributed by atoms with van der Waals surface area (Å²) in [6.07, 6.45) is 0.898. The third-order valence-electron chi connectivity index (χ3n) is 4.73. The molecule has 0 aliphatic heterocycles. The fourth-order valence-corrected chi connectivity index (χ4v) is 4.09. The lowest BCUT2D eigenvalue weighted by molar-refractivity contribution is -0.117. The first-order valence-electron chi connectivity index (χ1n) is 8.93. The van der Waals surface area contributed by atoms with Crippen molar-refractivity contribution in [1.82, 2.24) is 9.88 Å². The lowest BCUT2D eigenvalue weighted by atomic mass is 10.1. The molecule has 5 heteroatoms. The second-order valence-electron chi connectivity index (χ2n) is 6.62. The van der Waals surface area contributed by atoms with Crippen LogP contribution < -0.4 is 5.32 Å². The van der Waals surface area contributed by atoms with Crippen molar-refractivity contribution in [2.24, 2.45) is 0 Å². The summed E-state index contributed by atoms with van der Waals surface area (Å²) in [4.78, 5) is 19.3. The highest BCUT2D eigenvalue weighted by molar-refractivity contribution is 7.18. The maximum absolute atomic E-state index is 12.6. The number of carbonyl (C=O) groups excluding carboxylic acids is 1. The van der Waals surface area contributed by atoms with Gasteiger partial charge in [0.15, 0.2) is 0 Å². The second-order valence-corrected chi connectivity index (χ2v) is 7.68. The van der Waals surface area contributed by atoms with Crippen LogP contribution >= 0.6 is 11.3 Å². The molecule has 2 aromatic carbocycles. The van der Waals surface area contributed by atoms with Crippen LogP contribution in [-0.4, -0.2) is 29.4 Å². The highest BCUT2D eigenvalue weighted by Gasteiger charge is 2.19. The molecule has 0 saturated heterocycles. The molecule has 0 fully saturated rings. The van der Waals surface area contributed by atoms with Gasteiger partial charge in [-0.05, 0) is 50.6 Å². The van der Waals surface area contributed by atoms with Gasteiger partial charge in [-0.1, -0.05) is 37.3 Å². The van der Waals surface area contributed by atoms with Crippen LogP contribution in [0.15, 0.2) is 42.5 Å². The summed E-state index contributed by atoms with van der Waals surface area (Å²) in [6.45, 7) is 6.55. The molecule has 0 bridgehead atoms. The van der Waals surface area contributed by atoms with E-state index in [9.17, 15) is 4.79 Å². The summed E-state index contributed by atoms with van der Waals surface area (Å²) in [5.41, 5.74) is 4.23. The number of nitrogens with one attached hydrogen (secondary N) is 1. The third-order valence-corrected chi connectivity index (χ3v) is 5.93. The van der Waals surface area contributed by atoms with E-state index in [1.54, 1.807) is 11.3 Å². The van der Waals surface area contributed by atoms with E-state index in [4.69, 9.17) is 4.98 Å². The van der Waals surface area contributed by atoms with Gasteiger partial charge in [0.05, 0.1) is 22.8 Å². The first kappa shape index (κ1) is 18.5. The van der Waals surface area contributed by atoms with Gasteiger partial charge < -0.3 is 5.32 Å². The lowest BCUT2D eigenvalue weighted by Gasteiger charge is -2.23. The van der Waals surface area contributed by atoms with Crippen molar-refractivity contribution in [2.45, 2.75) is 33.2 Å². The van der Waals surface area contributed by atoms with E-state index in [0.29, 0.717) is 6.54 Å². The Bertz CT molecular complexity index is 886. The molecule has 3 rings (SSSR count). The standard InChI is InChI=1S/C21H25N3OS/c1-5-16-10-8-9-14(2)20(16)23-19(25)13-24(4)15(3)21-22-17-11-6-7-12-18(17)26-21/h6-12,15H,5,13H2,1-4H3,(H,23,25)/t15-/m0/s1. The summed E-state index contributed by atoms with van der Waals surface area (Å²) >= 11 is 1.69. The molecule has 136 valence electrons. The van der Waals surface area contributed by atoms with Crippen molar-refractivity contribution in [1.29, 1.82) is 0 Å². The average molecular weight is 368 g/mol. The highest BCUT2D eigenvalue weighted by Crippen LogP contribution is 2.29. The number of carbonyl (C=O) groups is 1. The smallest absolute Gasteiger partial charge is 0.238 e. The van der Waals surface area contributed by atoms with E-state index >= 15 is 0 Å². The molecule has 1 heterocycles. The van der Waals surface area contributed by atoms with Crippen LogP contribution in [0.25, 0.3) is 10.2 Å². The van der Waals surface area contributed by atoms with Crippen LogP contribution in [0.1, 0.15) is 36.0 Å². The number of rotatable bonds is 6. The van der Waals surface area contributed by atoms with E-state index in [1.807, 2.05) is 49.2 Å². The number of amides is 1. The number of nitrogens with zero attached hydrogens (tertiary/aromatic N) is 2. The number of para-hydroxylation sites is 2. The second kappa shape index (κ2) is 7.98. The Morgan fingerprint density at radius 2 is 2.00 bits per heavy atom. The molecular weight excluding hydrogens is 342 g/mol. The zero-order chi connectivity index (χ0) is 18.7. The molecule has 0 aliphatic rings. The molecule has 0 saturated carbocycles. The first-order chi connectivity index (χ1) is 12.5. The number of hydrogen-bond donors (Lipinski definition) is 1. The highest BCUT2D eigenvalue weighted by atomic mass is 32.1. The predicted molar refractivity (Wildman–Crippen MR) is 110 cm³/mol. The van der Waals surface area contributed by atoms with Gasteiger partial charge in [0.1, 0.15) is 5.01 Å². The molecule has 0 radical (unpaired) electrons. The molecule has 1 amide bonds. The quantitative estimate of drug-likeness (QED) is 0.681. The maximum Gasteiger partial charge on any atom is 0.238 e. The molecule has 3 aromatic rings. The van der Waals surface area contributed by atoms with Gasteiger partial charge >= 0.3 is 0 Å².